The van der Waals surface area contributed by atoms with Crippen LogP contribution in [-0.4, -0.2) is 28.7 Å². The Balaban J connectivity index is 1.83. The van der Waals surface area contributed by atoms with Crippen molar-refractivity contribution in [2.45, 2.75) is 25.8 Å². The van der Waals surface area contributed by atoms with E-state index in [-0.39, 0.29) is 23.8 Å². The molecule has 1 saturated heterocycles. The van der Waals surface area contributed by atoms with E-state index in [1.54, 1.807) is 23.3 Å². The Hall–Kier alpha value is -1.73. The van der Waals surface area contributed by atoms with E-state index in [1.807, 2.05) is 29.8 Å². The quantitative estimate of drug-likeness (QED) is 0.938. The summed E-state index contributed by atoms with van der Waals surface area (Å²) in [5.74, 6) is -0.217. The van der Waals surface area contributed by atoms with E-state index in [9.17, 15) is 9.59 Å². The lowest BCUT2D eigenvalue weighted by molar-refractivity contribution is -0.140. The second kappa shape index (κ2) is 6.18. The highest BCUT2D eigenvalue weighted by atomic mass is 32.1. The molecule has 2 aromatic heterocycles. The van der Waals surface area contributed by atoms with Gasteiger partial charge in [-0.15, -0.1) is 22.7 Å². The molecule has 2 aromatic rings. The van der Waals surface area contributed by atoms with Crippen molar-refractivity contribution in [2.24, 2.45) is 5.92 Å². The summed E-state index contributed by atoms with van der Waals surface area (Å²) in [7, 11) is 1.78. The summed E-state index contributed by atoms with van der Waals surface area (Å²) in [6.07, 6.45) is 0.981. The van der Waals surface area contributed by atoms with Gasteiger partial charge in [0.15, 0.2) is 5.13 Å². The molecule has 1 N–H and O–H groups in total. The molecule has 1 fully saturated rings. The van der Waals surface area contributed by atoms with Crippen molar-refractivity contribution in [3.8, 4) is 0 Å². The van der Waals surface area contributed by atoms with E-state index in [2.05, 4.69) is 10.3 Å². The first-order chi connectivity index (χ1) is 10.6. The van der Waals surface area contributed by atoms with Crippen LogP contribution < -0.4 is 5.32 Å². The molecule has 22 heavy (non-hydrogen) atoms. The minimum atomic E-state index is -0.245. The number of carbonyl (C=O) groups is 2. The number of anilines is 1. The van der Waals surface area contributed by atoms with Crippen molar-refractivity contribution in [2.75, 3.05) is 12.4 Å². The number of amides is 2. The number of likely N-dealkylation sites (tertiary alicyclic amines) is 1. The molecule has 1 aliphatic heterocycles. The number of carbonyl (C=O) groups excluding carboxylic acids is 2. The Morgan fingerprint density at radius 1 is 1.45 bits per heavy atom. The van der Waals surface area contributed by atoms with Crippen LogP contribution in [0, 0.1) is 12.8 Å². The third kappa shape index (κ3) is 2.91. The number of piperidine rings is 1. The Kier molecular flexibility index (Phi) is 4.26. The van der Waals surface area contributed by atoms with Crippen molar-refractivity contribution in [1.29, 1.82) is 0 Å². The number of aryl methyl sites for hydroxylation is 1. The Labute approximate surface area is 137 Å². The lowest BCUT2D eigenvalue weighted by Crippen LogP contribution is -2.44. The fourth-order valence-corrected chi connectivity index (χ4v) is 4.40. The van der Waals surface area contributed by atoms with Crippen LogP contribution in [0.4, 0.5) is 5.13 Å². The summed E-state index contributed by atoms with van der Waals surface area (Å²) in [5.41, 5.74) is 0.894. The molecule has 116 valence electrons. The SMILES string of the molecule is Cc1csc(NC(=O)C2CCC(=O)N(C)C2c2cccs2)n1. The maximum atomic E-state index is 12.7. The van der Waals surface area contributed by atoms with Gasteiger partial charge in [-0.1, -0.05) is 6.07 Å². The van der Waals surface area contributed by atoms with Gasteiger partial charge in [0.1, 0.15) is 0 Å². The molecule has 0 radical (unpaired) electrons. The van der Waals surface area contributed by atoms with Gasteiger partial charge in [-0.05, 0) is 24.8 Å². The molecular weight excluding hydrogens is 318 g/mol. The first-order valence-corrected chi connectivity index (χ1v) is 8.84. The molecule has 2 amide bonds. The average molecular weight is 335 g/mol. The number of nitrogens with zero attached hydrogens (tertiary/aromatic N) is 2. The summed E-state index contributed by atoms with van der Waals surface area (Å²) < 4.78 is 0. The first kappa shape index (κ1) is 15.2. The number of thiophene rings is 1. The van der Waals surface area contributed by atoms with E-state index in [1.165, 1.54) is 11.3 Å². The number of thiazole rings is 1. The summed E-state index contributed by atoms with van der Waals surface area (Å²) in [5, 5.41) is 7.39. The van der Waals surface area contributed by atoms with E-state index in [0.29, 0.717) is 18.0 Å². The van der Waals surface area contributed by atoms with E-state index >= 15 is 0 Å². The lowest BCUT2D eigenvalue weighted by atomic mass is 9.87. The van der Waals surface area contributed by atoms with Crippen molar-refractivity contribution in [3.63, 3.8) is 0 Å². The summed E-state index contributed by atoms with van der Waals surface area (Å²) >= 11 is 3.00. The highest BCUT2D eigenvalue weighted by molar-refractivity contribution is 7.14. The van der Waals surface area contributed by atoms with Gasteiger partial charge in [-0.2, -0.15) is 0 Å². The van der Waals surface area contributed by atoms with Gasteiger partial charge < -0.3 is 10.2 Å². The molecular formula is C15H17N3O2S2. The Bertz CT molecular complexity index is 681. The van der Waals surface area contributed by atoms with Gasteiger partial charge in [0.2, 0.25) is 11.8 Å². The summed E-state index contributed by atoms with van der Waals surface area (Å²) in [4.78, 5) is 31.7. The normalized spacial score (nSPS) is 21.9. The van der Waals surface area contributed by atoms with Crippen LogP contribution in [0.1, 0.15) is 29.5 Å². The van der Waals surface area contributed by atoms with Crippen LogP contribution in [-0.2, 0) is 9.59 Å². The largest absolute Gasteiger partial charge is 0.337 e. The fraction of sp³-hybridized carbons (Fsp3) is 0.400. The van der Waals surface area contributed by atoms with Gasteiger partial charge in [0.05, 0.1) is 17.7 Å². The topological polar surface area (TPSA) is 62.3 Å². The van der Waals surface area contributed by atoms with Gasteiger partial charge in [-0.25, -0.2) is 4.98 Å². The molecule has 5 nitrogen and oxygen atoms in total. The molecule has 7 heteroatoms. The standard InChI is InChI=1S/C15H17N3O2S2/c1-9-8-22-15(16-9)17-14(20)10-5-6-12(19)18(2)13(10)11-4-3-7-21-11/h3-4,7-8,10,13H,5-6H2,1-2H3,(H,16,17,20). The number of hydrogen-bond donors (Lipinski definition) is 1. The second-order valence-electron chi connectivity index (χ2n) is 5.39. The molecule has 0 aromatic carbocycles. The van der Waals surface area contributed by atoms with E-state index in [4.69, 9.17) is 0 Å². The second-order valence-corrected chi connectivity index (χ2v) is 7.23. The minimum Gasteiger partial charge on any atom is -0.337 e. The van der Waals surface area contributed by atoms with Crippen LogP contribution in [0.3, 0.4) is 0 Å². The summed E-state index contributed by atoms with van der Waals surface area (Å²) in [6, 6.07) is 3.74. The molecule has 0 spiro atoms. The van der Waals surface area contributed by atoms with Crippen LogP contribution in [0.2, 0.25) is 0 Å². The molecule has 0 saturated carbocycles. The maximum Gasteiger partial charge on any atom is 0.231 e. The molecule has 2 unspecified atom stereocenters. The van der Waals surface area contributed by atoms with Gasteiger partial charge in [-0.3, -0.25) is 9.59 Å². The van der Waals surface area contributed by atoms with Gasteiger partial charge >= 0.3 is 0 Å². The molecule has 3 heterocycles. The fourth-order valence-electron chi connectivity index (χ4n) is 2.77. The average Bonchev–Trinajstić information content (AvgIpc) is 3.13. The van der Waals surface area contributed by atoms with E-state index in [0.717, 1.165) is 10.6 Å². The number of rotatable bonds is 3. The predicted molar refractivity (Wildman–Crippen MR) is 88.0 cm³/mol. The van der Waals surface area contributed by atoms with Crippen molar-refractivity contribution in [3.05, 3.63) is 33.5 Å². The highest BCUT2D eigenvalue weighted by Crippen LogP contribution is 2.38. The zero-order valence-corrected chi connectivity index (χ0v) is 14.0. The molecule has 0 bridgehead atoms. The van der Waals surface area contributed by atoms with Crippen molar-refractivity contribution >= 4 is 39.6 Å². The minimum absolute atomic E-state index is 0.0629. The van der Waals surface area contributed by atoms with Crippen LogP contribution in [0.15, 0.2) is 22.9 Å². The smallest absolute Gasteiger partial charge is 0.231 e. The van der Waals surface area contributed by atoms with Crippen LogP contribution >= 0.6 is 22.7 Å². The zero-order chi connectivity index (χ0) is 15.7. The highest BCUT2D eigenvalue weighted by Gasteiger charge is 2.39. The van der Waals surface area contributed by atoms with Crippen LogP contribution in [0.5, 0.6) is 0 Å². The first-order valence-electron chi connectivity index (χ1n) is 7.08. The molecule has 3 rings (SSSR count). The molecule has 2 atom stereocenters. The zero-order valence-electron chi connectivity index (χ0n) is 12.4. The number of nitrogens with one attached hydrogen (secondary N) is 1. The lowest BCUT2D eigenvalue weighted by Gasteiger charge is -2.37. The third-order valence-corrected chi connectivity index (χ3v) is 5.70. The van der Waals surface area contributed by atoms with E-state index < -0.39 is 0 Å². The number of hydrogen-bond acceptors (Lipinski definition) is 5. The van der Waals surface area contributed by atoms with Crippen LogP contribution in [0.25, 0.3) is 0 Å². The van der Waals surface area contributed by atoms with Gasteiger partial charge in [0, 0.05) is 23.7 Å². The number of aromatic nitrogens is 1. The third-order valence-electron chi connectivity index (χ3n) is 3.88. The molecule has 0 aliphatic carbocycles. The van der Waals surface area contributed by atoms with Crippen molar-refractivity contribution in [1.82, 2.24) is 9.88 Å². The Morgan fingerprint density at radius 2 is 2.27 bits per heavy atom. The van der Waals surface area contributed by atoms with Crippen molar-refractivity contribution < 1.29 is 9.59 Å². The monoisotopic (exact) mass is 335 g/mol. The summed E-state index contributed by atoms with van der Waals surface area (Å²) in [6.45, 7) is 1.90. The van der Waals surface area contributed by atoms with Gasteiger partial charge in [0.25, 0.3) is 0 Å². The maximum absolute atomic E-state index is 12.7. The Morgan fingerprint density at radius 3 is 2.91 bits per heavy atom. The predicted octanol–water partition coefficient (Wildman–Crippen LogP) is 3.06. The molecule has 1 aliphatic rings.